The lowest BCUT2D eigenvalue weighted by Crippen LogP contribution is -2.18. The highest BCUT2D eigenvalue weighted by atomic mass is 127. The molecular weight excluding hydrogens is 499 g/mol. The third-order valence-electron chi connectivity index (χ3n) is 5.04. The summed E-state index contributed by atoms with van der Waals surface area (Å²) >= 11 is 2.00. The molecule has 4 aromatic heterocycles. The first-order chi connectivity index (χ1) is 14.4. The van der Waals surface area contributed by atoms with Crippen LogP contribution in [0.2, 0.25) is 0 Å². The highest BCUT2D eigenvalue weighted by Crippen LogP contribution is 2.36. The van der Waals surface area contributed by atoms with Crippen LogP contribution in [0.5, 0.6) is 5.75 Å². The van der Waals surface area contributed by atoms with Crippen LogP contribution in [0.15, 0.2) is 35.5 Å². The predicted octanol–water partition coefficient (Wildman–Crippen LogP) is 2.38. The van der Waals surface area contributed by atoms with E-state index >= 15 is 0 Å². The van der Waals surface area contributed by atoms with E-state index in [2.05, 4.69) is 20.3 Å². The number of nitrogens with zero attached hydrogens (tertiary/aromatic N) is 8. The van der Waals surface area contributed by atoms with Crippen LogP contribution < -0.4 is 10.4 Å². The third kappa shape index (κ3) is 2.65. The van der Waals surface area contributed by atoms with Gasteiger partial charge in [0.05, 0.1) is 70.3 Å². The zero-order valence-corrected chi connectivity index (χ0v) is 18.8. The first-order valence-electron chi connectivity index (χ1n) is 9.06. The van der Waals surface area contributed by atoms with Crippen molar-refractivity contribution in [1.29, 1.82) is 0 Å². The molecule has 0 saturated heterocycles. The van der Waals surface area contributed by atoms with Crippen LogP contribution in [-0.2, 0) is 14.1 Å². The van der Waals surface area contributed by atoms with E-state index in [1.165, 1.54) is 4.80 Å². The van der Waals surface area contributed by atoms with E-state index in [1.807, 2.05) is 55.2 Å². The smallest absolute Gasteiger partial charge is 0.342 e. The second-order valence-corrected chi connectivity index (χ2v) is 7.92. The number of benzene rings is 1. The van der Waals surface area contributed by atoms with E-state index in [0.717, 1.165) is 27.8 Å². The van der Waals surface area contributed by atoms with Gasteiger partial charge in [0.15, 0.2) is 0 Å². The van der Waals surface area contributed by atoms with Gasteiger partial charge in [-0.05, 0) is 13.0 Å². The fourth-order valence-electron chi connectivity index (χ4n) is 3.73. The number of aryl methyl sites for hydroxylation is 3. The number of ether oxygens (including phenoxy) is 1. The normalized spacial score (nSPS) is 11.6. The van der Waals surface area contributed by atoms with E-state index in [1.54, 1.807) is 38.6 Å². The summed E-state index contributed by atoms with van der Waals surface area (Å²) in [7, 11) is 5.20. The minimum absolute atomic E-state index is 0.173. The Morgan fingerprint density at radius 2 is 1.93 bits per heavy atom. The summed E-state index contributed by atoms with van der Waals surface area (Å²) in [5, 5.41) is 13.8. The molecule has 0 unspecified atom stereocenters. The summed E-state index contributed by atoms with van der Waals surface area (Å²) < 4.78 is 10.5. The Labute approximate surface area is 184 Å². The van der Waals surface area contributed by atoms with Gasteiger partial charge in [-0.3, -0.25) is 14.2 Å². The molecule has 0 spiro atoms. The molecule has 1 aromatic carbocycles. The summed E-state index contributed by atoms with van der Waals surface area (Å²) in [4.78, 5) is 19.2. The van der Waals surface area contributed by atoms with Crippen molar-refractivity contribution in [2.45, 2.75) is 6.92 Å². The van der Waals surface area contributed by atoms with E-state index in [9.17, 15) is 4.79 Å². The van der Waals surface area contributed by atoms with E-state index in [-0.39, 0.29) is 5.69 Å². The number of fused-ring (bicyclic) bond motifs is 3. The van der Waals surface area contributed by atoms with Gasteiger partial charge in [0.2, 0.25) is 0 Å². The van der Waals surface area contributed by atoms with Crippen molar-refractivity contribution in [2.24, 2.45) is 14.1 Å². The van der Waals surface area contributed by atoms with Crippen molar-refractivity contribution in [3.63, 3.8) is 0 Å². The van der Waals surface area contributed by atoms with Crippen LogP contribution >= 0.6 is 22.9 Å². The molecule has 0 bridgehead atoms. The average molecular weight is 516 g/mol. The quantitative estimate of drug-likeness (QED) is 0.342. The molecule has 0 saturated carbocycles. The second-order valence-electron chi connectivity index (χ2n) is 6.95. The Kier molecular flexibility index (Phi) is 4.17. The largest absolute Gasteiger partial charge is 0.496 e. The number of halogens is 1. The zero-order valence-electron chi connectivity index (χ0n) is 16.7. The van der Waals surface area contributed by atoms with Crippen LogP contribution in [0.3, 0.4) is 0 Å². The molecule has 0 amide bonds. The zero-order chi connectivity index (χ0) is 21.2. The van der Waals surface area contributed by atoms with Gasteiger partial charge in [-0.15, -0.1) is 0 Å². The summed E-state index contributed by atoms with van der Waals surface area (Å²) in [6.45, 7) is 1.88. The topological polar surface area (TPSA) is 97.6 Å². The van der Waals surface area contributed by atoms with Crippen LogP contribution in [0, 0.1) is 6.92 Å². The molecule has 30 heavy (non-hydrogen) atoms. The van der Waals surface area contributed by atoms with Crippen LogP contribution in [0.25, 0.3) is 38.9 Å². The average Bonchev–Trinajstić information content (AvgIpc) is 3.37. The molecule has 5 aromatic rings. The minimum atomic E-state index is -0.173. The van der Waals surface area contributed by atoms with Crippen molar-refractivity contribution in [2.75, 3.05) is 7.11 Å². The maximum absolute atomic E-state index is 13.2. The molecule has 0 N–H and O–H groups in total. The maximum Gasteiger partial charge on any atom is 0.342 e. The van der Waals surface area contributed by atoms with Crippen molar-refractivity contribution < 1.29 is 4.74 Å². The maximum atomic E-state index is 13.2. The molecular formula is C19H17IN8O2. The summed E-state index contributed by atoms with van der Waals surface area (Å²) in [6.07, 6.45) is 5.22. The van der Waals surface area contributed by atoms with Crippen molar-refractivity contribution in [1.82, 2.24) is 37.1 Å². The number of hydrogen-bond donors (Lipinski definition) is 0. The lowest BCUT2D eigenvalue weighted by molar-refractivity contribution is 0.417. The molecule has 0 radical (unpaired) electrons. The summed E-state index contributed by atoms with van der Waals surface area (Å²) in [5.74, 6) is 0.634. The molecule has 5 rings (SSSR count). The highest BCUT2D eigenvalue weighted by Gasteiger charge is 2.21. The fourth-order valence-corrected chi connectivity index (χ4v) is 4.30. The van der Waals surface area contributed by atoms with E-state index < -0.39 is 0 Å². The first kappa shape index (κ1) is 18.8. The second kappa shape index (κ2) is 6.65. The number of aromatic nitrogens is 8. The number of pyridine rings is 1. The summed E-state index contributed by atoms with van der Waals surface area (Å²) in [6, 6.07) is 3.81. The van der Waals surface area contributed by atoms with Crippen LogP contribution in [0.4, 0.5) is 0 Å². The van der Waals surface area contributed by atoms with Crippen LogP contribution in [0.1, 0.15) is 5.69 Å². The van der Waals surface area contributed by atoms with Gasteiger partial charge < -0.3 is 4.74 Å². The van der Waals surface area contributed by atoms with Crippen LogP contribution in [-0.4, -0.2) is 44.2 Å². The molecule has 0 aliphatic carbocycles. The summed E-state index contributed by atoms with van der Waals surface area (Å²) in [5.41, 5.74) is 4.94. The molecule has 11 heteroatoms. The molecule has 4 heterocycles. The highest BCUT2D eigenvalue weighted by molar-refractivity contribution is 14.1. The van der Waals surface area contributed by atoms with Gasteiger partial charge in [0.1, 0.15) is 11.4 Å². The van der Waals surface area contributed by atoms with E-state index in [0.29, 0.717) is 22.5 Å². The molecule has 0 aliphatic rings. The Hall–Kier alpha value is -3.22. The standard InChI is InChI=1S/C19H17IN8O2/c1-10-16(9-25(2)23-10)27-18-12-5-11(14-7-22-26(3)24-14)17(30-4)6-13(12)21-8-15(18)28(20)19(27)29/h5-9H,1-4H3. The number of methoxy groups -OCH3 is 1. The number of rotatable bonds is 3. The van der Waals surface area contributed by atoms with E-state index in [4.69, 9.17) is 4.74 Å². The van der Waals surface area contributed by atoms with Gasteiger partial charge >= 0.3 is 5.69 Å². The van der Waals surface area contributed by atoms with Crippen molar-refractivity contribution in [3.05, 3.63) is 46.9 Å². The lowest BCUT2D eigenvalue weighted by Gasteiger charge is -2.10. The SMILES string of the molecule is COc1cc2ncc3c(c2cc1-c1cnn(C)n1)n(-c1cn(C)nc1C)c(=O)n3I. The Morgan fingerprint density at radius 3 is 2.57 bits per heavy atom. The Morgan fingerprint density at radius 1 is 1.13 bits per heavy atom. The van der Waals surface area contributed by atoms with Gasteiger partial charge in [-0.2, -0.15) is 20.1 Å². The fraction of sp³-hybridized carbons (Fsp3) is 0.211. The van der Waals surface area contributed by atoms with Crippen molar-refractivity contribution in [3.8, 4) is 22.7 Å². The molecule has 0 aliphatic heterocycles. The minimum Gasteiger partial charge on any atom is -0.496 e. The molecule has 0 atom stereocenters. The lowest BCUT2D eigenvalue weighted by atomic mass is 10.1. The number of hydrogen-bond acceptors (Lipinski definition) is 6. The number of imidazole rings is 1. The monoisotopic (exact) mass is 516 g/mol. The van der Waals surface area contributed by atoms with Gasteiger partial charge in [-0.1, -0.05) is 0 Å². The van der Waals surface area contributed by atoms with Gasteiger partial charge in [-0.25, -0.2) is 7.58 Å². The Bertz CT molecular complexity index is 1510. The molecule has 10 nitrogen and oxygen atoms in total. The third-order valence-corrected chi connectivity index (χ3v) is 5.97. The first-order valence-corrected chi connectivity index (χ1v) is 10.0. The van der Waals surface area contributed by atoms with Gasteiger partial charge in [0, 0.05) is 37.3 Å². The Balaban J connectivity index is 1.94. The van der Waals surface area contributed by atoms with Crippen molar-refractivity contribution >= 4 is 44.8 Å². The molecule has 152 valence electrons. The van der Waals surface area contributed by atoms with Gasteiger partial charge in [0.25, 0.3) is 0 Å². The predicted molar refractivity (Wildman–Crippen MR) is 120 cm³/mol. The molecule has 0 fully saturated rings.